The van der Waals surface area contributed by atoms with Gasteiger partial charge in [0.15, 0.2) is 0 Å². The quantitative estimate of drug-likeness (QED) is 0.685. The van der Waals surface area contributed by atoms with Crippen molar-refractivity contribution in [1.82, 2.24) is 9.80 Å². The van der Waals surface area contributed by atoms with Gasteiger partial charge in [-0.2, -0.15) is 0 Å². The monoisotopic (exact) mass is 200 g/mol. The third-order valence-electron chi connectivity index (χ3n) is 2.59. The number of likely N-dealkylation sites (N-methyl/N-ethyl adjacent to an activating group) is 1. The summed E-state index contributed by atoms with van der Waals surface area (Å²) in [6, 6.07) is 0. The number of hydrogen-bond acceptors (Lipinski definition) is 3. The minimum absolute atomic E-state index is 0.0120. The highest BCUT2D eigenvalue weighted by Gasteiger charge is 2.17. The number of ether oxygens (including phenoxy) is 1. The lowest BCUT2D eigenvalue weighted by molar-refractivity contribution is -0.0736. The van der Waals surface area contributed by atoms with Gasteiger partial charge in [-0.25, -0.2) is 0 Å². The molecule has 1 heterocycles. The standard InChI is InChI=1S/C11H24N2O/c1-5-12-6-8-13(9-7-12)10-14-11(2,3)4/h5-10H2,1-4H3. The van der Waals surface area contributed by atoms with Crippen molar-refractivity contribution in [3.63, 3.8) is 0 Å². The fourth-order valence-electron chi connectivity index (χ4n) is 1.52. The van der Waals surface area contributed by atoms with E-state index in [1.165, 1.54) is 19.6 Å². The average Bonchev–Trinajstić information content (AvgIpc) is 2.14. The van der Waals surface area contributed by atoms with E-state index in [0.29, 0.717) is 0 Å². The Morgan fingerprint density at radius 2 is 1.50 bits per heavy atom. The molecule has 14 heavy (non-hydrogen) atoms. The molecule has 0 bridgehead atoms. The minimum atomic E-state index is -0.0120. The van der Waals surface area contributed by atoms with Gasteiger partial charge in [0.25, 0.3) is 0 Å². The van der Waals surface area contributed by atoms with Crippen molar-refractivity contribution in [2.45, 2.75) is 33.3 Å². The maximum absolute atomic E-state index is 5.75. The topological polar surface area (TPSA) is 15.7 Å². The molecule has 1 fully saturated rings. The van der Waals surface area contributed by atoms with Crippen molar-refractivity contribution >= 4 is 0 Å². The van der Waals surface area contributed by atoms with Crippen LogP contribution in [0.5, 0.6) is 0 Å². The number of nitrogens with zero attached hydrogens (tertiary/aromatic N) is 2. The molecule has 3 heteroatoms. The van der Waals surface area contributed by atoms with Crippen molar-refractivity contribution in [1.29, 1.82) is 0 Å². The highest BCUT2D eigenvalue weighted by molar-refractivity contribution is 4.69. The molecule has 1 rings (SSSR count). The maximum Gasteiger partial charge on any atom is 0.0998 e. The molecule has 0 atom stereocenters. The Morgan fingerprint density at radius 3 is 1.93 bits per heavy atom. The molecule has 0 aromatic heterocycles. The molecule has 0 aliphatic carbocycles. The van der Waals surface area contributed by atoms with Gasteiger partial charge in [-0.15, -0.1) is 0 Å². The van der Waals surface area contributed by atoms with E-state index in [0.717, 1.165) is 19.8 Å². The van der Waals surface area contributed by atoms with Crippen LogP contribution in [0.15, 0.2) is 0 Å². The lowest BCUT2D eigenvalue weighted by atomic mass is 10.2. The Balaban J connectivity index is 2.16. The normalized spacial score (nSPS) is 21.4. The summed E-state index contributed by atoms with van der Waals surface area (Å²) in [6.45, 7) is 15.2. The van der Waals surface area contributed by atoms with Crippen molar-refractivity contribution in [3.8, 4) is 0 Å². The summed E-state index contributed by atoms with van der Waals surface area (Å²) in [6.07, 6.45) is 0. The Bertz CT molecular complexity index is 157. The zero-order valence-corrected chi connectivity index (χ0v) is 10.0. The summed E-state index contributed by atoms with van der Waals surface area (Å²) in [5, 5.41) is 0. The summed E-state index contributed by atoms with van der Waals surface area (Å²) in [4.78, 5) is 4.87. The molecule has 0 radical (unpaired) electrons. The Morgan fingerprint density at radius 1 is 1.00 bits per heavy atom. The zero-order chi connectivity index (χ0) is 10.6. The van der Waals surface area contributed by atoms with E-state index in [4.69, 9.17) is 4.74 Å². The number of rotatable bonds is 3. The van der Waals surface area contributed by atoms with E-state index in [1.807, 2.05) is 0 Å². The molecular weight excluding hydrogens is 176 g/mol. The van der Waals surface area contributed by atoms with Crippen LogP contribution in [0, 0.1) is 0 Å². The zero-order valence-electron chi connectivity index (χ0n) is 10.0. The molecule has 0 spiro atoms. The van der Waals surface area contributed by atoms with Gasteiger partial charge in [-0.05, 0) is 27.3 Å². The minimum Gasteiger partial charge on any atom is -0.360 e. The Kier molecular flexibility index (Phi) is 4.35. The summed E-state index contributed by atoms with van der Waals surface area (Å²) >= 11 is 0. The summed E-state index contributed by atoms with van der Waals surface area (Å²) in [5.74, 6) is 0. The fraction of sp³-hybridized carbons (Fsp3) is 1.00. The first-order valence-electron chi connectivity index (χ1n) is 5.60. The second-order valence-electron chi connectivity index (χ2n) is 4.94. The molecule has 84 valence electrons. The van der Waals surface area contributed by atoms with Crippen molar-refractivity contribution in [2.24, 2.45) is 0 Å². The molecule has 0 saturated carbocycles. The SMILES string of the molecule is CCN1CCN(COC(C)(C)C)CC1. The molecule has 1 aliphatic heterocycles. The van der Waals surface area contributed by atoms with E-state index < -0.39 is 0 Å². The molecule has 0 unspecified atom stereocenters. The average molecular weight is 200 g/mol. The third-order valence-corrected chi connectivity index (χ3v) is 2.59. The van der Waals surface area contributed by atoms with Crippen LogP contribution < -0.4 is 0 Å². The van der Waals surface area contributed by atoms with E-state index in [9.17, 15) is 0 Å². The van der Waals surface area contributed by atoms with Gasteiger partial charge in [-0.1, -0.05) is 6.92 Å². The Hall–Kier alpha value is -0.120. The van der Waals surface area contributed by atoms with Crippen molar-refractivity contribution in [2.75, 3.05) is 39.5 Å². The first kappa shape index (κ1) is 12.0. The smallest absolute Gasteiger partial charge is 0.0998 e. The fourth-order valence-corrected chi connectivity index (χ4v) is 1.52. The largest absolute Gasteiger partial charge is 0.360 e. The van der Waals surface area contributed by atoms with Crippen molar-refractivity contribution in [3.05, 3.63) is 0 Å². The third kappa shape index (κ3) is 4.40. The van der Waals surface area contributed by atoms with Gasteiger partial charge < -0.3 is 9.64 Å². The van der Waals surface area contributed by atoms with Crippen LogP contribution in [0.25, 0.3) is 0 Å². The lowest BCUT2D eigenvalue weighted by Gasteiger charge is -2.35. The van der Waals surface area contributed by atoms with E-state index in [-0.39, 0.29) is 5.60 Å². The first-order chi connectivity index (χ1) is 6.51. The van der Waals surface area contributed by atoms with Crippen LogP contribution in [0.1, 0.15) is 27.7 Å². The predicted octanol–water partition coefficient (Wildman–Crippen LogP) is 1.40. The number of piperazine rings is 1. The summed E-state index contributed by atoms with van der Waals surface area (Å²) in [7, 11) is 0. The summed E-state index contributed by atoms with van der Waals surface area (Å²) in [5.41, 5.74) is -0.0120. The molecule has 0 N–H and O–H groups in total. The van der Waals surface area contributed by atoms with Crippen LogP contribution in [0.4, 0.5) is 0 Å². The summed E-state index contributed by atoms with van der Waals surface area (Å²) < 4.78 is 5.75. The van der Waals surface area contributed by atoms with Gasteiger partial charge in [-0.3, -0.25) is 4.90 Å². The molecule has 0 aromatic carbocycles. The van der Waals surface area contributed by atoms with Crippen LogP contribution in [0.2, 0.25) is 0 Å². The Labute approximate surface area is 88.0 Å². The first-order valence-corrected chi connectivity index (χ1v) is 5.60. The van der Waals surface area contributed by atoms with Crippen LogP contribution in [-0.2, 0) is 4.74 Å². The molecule has 0 amide bonds. The predicted molar refractivity (Wildman–Crippen MR) is 59.4 cm³/mol. The van der Waals surface area contributed by atoms with Crippen LogP contribution >= 0.6 is 0 Å². The van der Waals surface area contributed by atoms with E-state index in [2.05, 4.69) is 37.5 Å². The van der Waals surface area contributed by atoms with Crippen LogP contribution in [0.3, 0.4) is 0 Å². The van der Waals surface area contributed by atoms with Crippen molar-refractivity contribution < 1.29 is 4.74 Å². The molecule has 1 saturated heterocycles. The maximum atomic E-state index is 5.75. The van der Waals surface area contributed by atoms with Gasteiger partial charge in [0.1, 0.15) is 0 Å². The van der Waals surface area contributed by atoms with Crippen LogP contribution in [-0.4, -0.2) is 54.9 Å². The molecule has 3 nitrogen and oxygen atoms in total. The number of hydrogen-bond donors (Lipinski definition) is 0. The molecule has 1 aliphatic rings. The van der Waals surface area contributed by atoms with Gasteiger partial charge >= 0.3 is 0 Å². The lowest BCUT2D eigenvalue weighted by Crippen LogP contribution is -2.47. The highest BCUT2D eigenvalue weighted by Crippen LogP contribution is 2.09. The second kappa shape index (κ2) is 5.10. The van der Waals surface area contributed by atoms with Gasteiger partial charge in [0.2, 0.25) is 0 Å². The molecule has 0 aromatic rings. The van der Waals surface area contributed by atoms with Gasteiger partial charge in [0, 0.05) is 26.2 Å². The second-order valence-corrected chi connectivity index (χ2v) is 4.94. The van der Waals surface area contributed by atoms with E-state index >= 15 is 0 Å². The van der Waals surface area contributed by atoms with Gasteiger partial charge in [0.05, 0.1) is 12.3 Å². The molecular formula is C11H24N2O. The highest BCUT2D eigenvalue weighted by atomic mass is 16.5. The van der Waals surface area contributed by atoms with E-state index in [1.54, 1.807) is 0 Å².